The Morgan fingerprint density at radius 1 is 1.24 bits per heavy atom. The van der Waals surface area contributed by atoms with Gasteiger partial charge in [-0.2, -0.15) is 10.2 Å². The van der Waals surface area contributed by atoms with E-state index in [2.05, 4.69) is 20.4 Å². The zero-order chi connectivity index (χ0) is 22.8. The van der Waals surface area contributed by atoms with Gasteiger partial charge >= 0.3 is 0 Å². The number of furan rings is 1. The van der Waals surface area contributed by atoms with Crippen molar-refractivity contribution in [3.63, 3.8) is 0 Å². The summed E-state index contributed by atoms with van der Waals surface area (Å²) in [6, 6.07) is 7.63. The van der Waals surface area contributed by atoms with E-state index in [1.807, 2.05) is 29.6 Å². The smallest absolute Gasteiger partial charge is 0.257 e. The van der Waals surface area contributed by atoms with Gasteiger partial charge in [-0.25, -0.2) is 5.01 Å². The average molecular weight is 467 g/mol. The monoisotopic (exact) mass is 466 g/mol. The first-order valence-corrected chi connectivity index (χ1v) is 11.9. The summed E-state index contributed by atoms with van der Waals surface area (Å²) in [4.78, 5) is 28.8. The van der Waals surface area contributed by atoms with Gasteiger partial charge in [0.2, 0.25) is 0 Å². The number of hydrogen-bond acceptors (Lipinski definition) is 7. The van der Waals surface area contributed by atoms with Crippen molar-refractivity contribution >= 4 is 28.9 Å². The lowest BCUT2D eigenvalue weighted by Crippen LogP contribution is -2.47. The summed E-state index contributed by atoms with van der Waals surface area (Å²) in [7, 11) is 1.79. The first-order chi connectivity index (χ1) is 16.1. The molecule has 3 aromatic heterocycles. The van der Waals surface area contributed by atoms with Crippen molar-refractivity contribution in [2.75, 3.05) is 19.6 Å². The second-order valence-corrected chi connectivity index (χ2v) is 9.37. The molecule has 1 fully saturated rings. The van der Waals surface area contributed by atoms with Gasteiger partial charge in [0.15, 0.2) is 0 Å². The van der Waals surface area contributed by atoms with Gasteiger partial charge in [-0.15, -0.1) is 11.3 Å². The van der Waals surface area contributed by atoms with E-state index in [0.29, 0.717) is 18.5 Å². The summed E-state index contributed by atoms with van der Waals surface area (Å²) in [5, 5.41) is 15.4. The lowest BCUT2D eigenvalue weighted by Gasteiger charge is -2.32. The molecular formula is C23H26N6O3S. The molecule has 3 aromatic rings. The minimum absolute atomic E-state index is 0.0409. The van der Waals surface area contributed by atoms with Crippen LogP contribution in [0.1, 0.15) is 46.3 Å². The Labute approximate surface area is 195 Å². The van der Waals surface area contributed by atoms with Crippen LogP contribution in [-0.2, 0) is 11.8 Å². The molecule has 9 nitrogen and oxygen atoms in total. The number of nitrogens with one attached hydrogen (secondary N) is 1. The third-order valence-corrected chi connectivity index (χ3v) is 7.01. The van der Waals surface area contributed by atoms with Crippen LogP contribution >= 0.6 is 11.3 Å². The number of rotatable bonds is 6. The van der Waals surface area contributed by atoms with Gasteiger partial charge in [0, 0.05) is 38.8 Å². The first-order valence-electron chi connectivity index (χ1n) is 11.1. The van der Waals surface area contributed by atoms with Crippen molar-refractivity contribution in [3.8, 4) is 0 Å². The molecule has 0 bridgehead atoms. The first kappa shape index (κ1) is 21.6. The lowest BCUT2D eigenvalue weighted by molar-refractivity contribution is -0.134. The van der Waals surface area contributed by atoms with Gasteiger partial charge < -0.3 is 9.73 Å². The van der Waals surface area contributed by atoms with Gasteiger partial charge in [-0.05, 0) is 36.4 Å². The van der Waals surface area contributed by atoms with Crippen LogP contribution in [0.5, 0.6) is 0 Å². The molecule has 2 aliphatic heterocycles. The molecule has 2 aliphatic rings. The molecule has 5 heterocycles. The number of amides is 2. The number of carbonyl (C=O) groups excluding carboxylic acids is 2. The fourth-order valence-electron chi connectivity index (χ4n) is 4.34. The minimum Gasteiger partial charge on any atom is -0.467 e. The number of thiophene rings is 1. The molecule has 10 heteroatoms. The molecule has 0 saturated carbocycles. The van der Waals surface area contributed by atoms with E-state index in [9.17, 15) is 9.59 Å². The minimum atomic E-state index is -0.221. The predicted octanol–water partition coefficient (Wildman–Crippen LogP) is 2.65. The Balaban J connectivity index is 1.19. The van der Waals surface area contributed by atoms with Crippen molar-refractivity contribution in [3.05, 3.63) is 64.5 Å². The van der Waals surface area contributed by atoms with Crippen LogP contribution in [0.2, 0.25) is 0 Å². The summed E-state index contributed by atoms with van der Waals surface area (Å²) in [6.07, 6.45) is 7.14. The summed E-state index contributed by atoms with van der Waals surface area (Å²) in [5.74, 6) is 0.600. The quantitative estimate of drug-likeness (QED) is 0.603. The second kappa shape index (κ2) is 9.32. The molecule has 1 unspecified atom stereocenters. The Morgan fingerprint density at radius 2 is 2.09 bits per heavy atom. The highest BCUT2D eigenvalue weighted by atomic mass is 32.1. The number of nitrogens with zero attached hydrogens (tertiary/aromatic N) is 5. The molecule has 1 atom stereocenters. The van der Waals surface area contributed by atoms with E-state index in [1.165, 1.54) is 0 Å². The van der Waals surface area contributed by atoms with E-state index in [4.69, 9.17) is 4.42 Å². The van der Waals surface area contributed by atoms with Gasteiger partial charge in [-0.3, -0.25) is 19.2 Å². The van der Waals surface area contributed by atoms with Gasteiger partial charge in [-0.1, -0.05) is 6.07 Å². The van der Waals surface area contributed by atoms with E-state index in [-0.39, 0.29) is 23.9 Å². The molecule has 33 heavy (non-hydrogen) atoms. The zero-order valence-corrected chi connectivity index (χ0v) is 19.2. The maximum Gasteiger partial charge on any atom is 0.257 e. The Bertz CT molecular complexity index is 1130. The van der Waals surface area contributed by atoms with Gasteiger partial charge in [0.1, 0.15) is 11.8 Å². The maximum atomic E-state index is 13.2. The van der Waals surface area contributed by atoms with Crippen molar-refractivity contribution in [2.45, 2.75) is 31.3 Å². The number of hydrogen-bond donors (Lipinski definition) is 1. The molecule has 0 radical (unpaired) electrons. The predicted molar refractivity (Wildman–Crippen MR) is 124 cm³/mol. The number of aromatic nitrogens is 2. The number of likely N-dealkylation sites (tertiary alicyclic amines) is 1. The molecule has 1 N–H and O–H groups in total. The van der Waals surface area contributed by atoms with E-state index >= 15 is 0 Å². The fraction of sp³-hybridized carbons (Fsp3) is 0.391. The summed E-state index contributed by atoms with van der Waals surface area (Å²) in [5.41, 5.74) is 1.48. The zero-order valence-electron chi connectivity index (χ0n) is 18.4. The third kappa shape index (κ3) is 4.76. The second-order valence-electron chi connectivity index (χ2n) is 8.42. The Kier molecular flexibility index (Phi) is 6.10. The molecule has 172 valence electrons. The van der Waals surface area contributed by atoms with Crippen LogP contribution in [-0.4, -0.2) is 62.9 Å². The van der Waals surface area contributed by atoms with E-state index < -0.39 is 0 Å². The summed E-state index contributed by atoms with van der Waals surface area (Å²) >= 11 is 1.62. The number of hydrazone groups is 1. The van der Waals surface area contributed by atoms with Crippen LogP contribution in [0, 0.1) is 0 Å². The topological polar surface area (TPSA) is 96.0 Å². The van der Waals surface area contributed by atoms with Crippen LogP contribution < -0.4 is 5.32 Å². The van der Waals surface area contributed by atoms with Crippen molar-refractivity contribution in [1.29, 1.82) is 0 Å². The largest absolute Gasteiger partial charge is 0.467 e. The van der Waals surface area contributed by atoms with Gasteiger partial charge in [0.25, 0.3) is 11.8 Å². The van der Waals surface area contributed by atoms with Crippen molar-refractivity contribution in [2.24, 2.45) is 12.1 Å². The highest BCUT2D eigenvalue weighted by molar-refractivity contribution is 7.12. The van der Waals surface area contributed by atoms with Crippen LogP contribution in [0.25, 0.3) is 0 Å². The molecule has 1 saturated heterocycles. The van der Waals surface area contributed by atoms with E-state index in [1.54, 1.807) is 46.7 Å². The maximum absolute atomic E-state index is 13.2. The van der Waals surface area contributed by atoms with Crippen molar-refractivity contribution in [1.82, 2.24) is 25.0 Å². The average Bonchev–Trinajstić information content (AvgIpc) is 3.61. The highest BCUT2D eigenvalue weighted by Crippen LogP contribution is 2.34. The number of aryl methyl sites for hydroxylation is 1. The fourth-order valence-corrected chi connectivity index (χ4v) is 5.06. The Hall–Kier alpha value is -3.24. The summed E-state index contributed by atoms with van der Waals surface area (Å²) < 4.78 is 7.23. The molecule has 2 amide bonds. The molecule has 0 spiro atoms. The molecule has 5 rings (SSSR count). The standard InChI is InChI=1S/C23H26N6O3S/c1-27-14-16(13-24-27)23(31)25-17-6-8-28(9-7-17)15-22(30)29-19(20-4-2-10-32-20)12-18(26-29)21-5-3-11-33-21/h2-5,10-11,13-14,17,19H,6-9,12,15H2,1H3,(H,25,31). The van der Waals surface area contributed by atoms with Crippen LogP contribution in [0.3, 0.4) is 0 Å². The Morgan fingerprint density at radius 3 is 2.76 bits per heavy atom. The van der Waals surface area contributed by atoms with Crippen LogP contribution in [0.15, 0.2) is 57.8 Å². The molecule has 0 aliphatic carbocycles. The lowest BCUT2D eigenvalue weighted by atomic mass is 10.0. The third-order valence-electron chi connectivity index (χ3n) is 6.09. The van der Waals surface area contributed by atoms with Gasteiger partial charge in [0.05, 0.1) is 35.2 Å². The molecular weight excluding hydrogens is 440 g/mol. The SMILES string of the molecule is Cn1cc(C(=O)NC2CCN(CC(=O)N3N=C(c4cccs4)CC3c3ccco3)CC2)cn1. The summed E-state index contributed by atoms with van der Waals surface area (Å²) in [6.45, 7) is 1.77. The number of carbonyl (C=O) groups is 2. The normalized spacial score (nSPS) is 19.6. The highest BCUT2D eigenvalue weighted by Gasteiger charge is 2.36. The van der Waals surface area contributed by atoms with E-state index in [0.717, 1.165) is 42.3 Å². The molecule has 0 aromatic carbocycles. The number of piperidine rings is 1. The van der Waals surface area contributed by atoms with Crippen molar-refractivity contribution < 1.29 is 14.0 Å². The van der Waals surface area contributed by atoms with Crippen LogP contribution in [0.4, 0.5) is 0 Å².